The largest absolute Gasteiger partial charge is 0.508 e. The summed E-state index contributed by atoms with van der Waals surface area (Å²) in [5.74, 6) is -1.02. The monoisotopic (exact) mass is 1530 g/mol. The van der Waals surface area contributed by atoms with Gasteiger partial charge < -0.3 is 60.0 Å². The fraction of sp³-hybridized carbons (Fsp3) is 0.414. The number of rotatable bonds is 34. The lowest BCUT2D eigenvalue weighted by Crippen LogP contribution is -2.42. The fourth-order valence-electron chi connectivity index (χ4n) is 9.09. The molecule has 0 saturated carbocycles. The van der Waals surface area contributed by atoms with Crippen LogP contribution < -0.4 is 26.1 Å². The van der Waals surface area contributed by atoms with E-state index in [1.54, 1.807) is 110 Å². The smallest absolute Gasteiger partial charge is 0.373 e. The lowest BCUT2D eigenvalue weighted by Gasteiger charge is -2.27. The normalized spacial score (nSPS) is 14.4. The number of nitrogens with one attached hydrogen (secondary N) is 4. The Morgan fingerprint density at radius 3 is 1.03 bits per heavy atom. The maximum absolute atomic E-state index is 13.5. The van der Waals surface area contributed by atoms with E-state index in [0.717, 1.165) is 53.7 Å². The number of benzene rings is 5. The molecule has 0 spiro atoms. The van der Waals surface area contributed by atoms with Gasteiger partial charge in [-0.1, -0.05) is 102 Å². The van der Waals surface area contributed by atoms with Gasteiger partial charge in [0.05, 0.1) is 26.4 Å². The number of phenolic OH excluding ortho intramolecular Hbond substituents is 5. The maximum atomic E-state index is 13.5. The number of hydrogen-bond acceptors (Lipinski definition) is 22. The molecule has 2 aromatic heterocycles. The van der Waals surface area contributed by atoms with Crippen molar-refractivity contribution >= 4 is 60.0 Å². The molecule has 9 atom stereocenters. The van der Waals surface area contributed by atoms with Gasteiger partial charge in [-0.2, -0.15) is 9.59 Å². The maximum Gasteiger partial charge on any atom is 0.373 e. The Morgan fingerprint density at radius 2 is 0.740 bits per heavy atom. The molecular formula is C70H101N9O21P4. The van der Waals surface area contributed by atoms with Crippen LogP contribution in [0.5, 0.6) is 28.7 Å². The van der Waals surface area contributed by atoms with Crippen LogP contribution in [-0.2, 0) is 98.1 Å². The lowest BCUT2D eigenvalue weighted by atomic mass is 10.0. The summed E-state index contributed by atoms with van der Waals surface area (Å²) in [5.41, 5.74) is 10.0. The van der Waals surface area contributed by atoms with Crippen LogP contribution in [0.15, 0.2) is 159 Å². The van der Waals surface area contributed by atoms with Gasteiger partial charge in [0.1, 0.15) is 65.6 Å². The van der Waals surface area contributed by atoms with Gasteiger partial charge in [0.25, 0.3) is 15.0 Å². The zero-order valence-corrected chi connectivity index (χ0v) is 63.6. The van der Waals surface area contributed by atoms with Crippen LogP contribution in [0.4, 0.5) is 0 Å². The van der Waals surface area contributed by atoms with E-state index >= 15 is 0 Å². The predicted octanol–water partition coefficient (Wildman–Crippen LogP) is 9.63. The summed E-state index contributed by atoms with van der Waals surface area (Å²) in [6.07, 6.45) is 15.5. The Balaban J connectivity index is 0.000000457. The topological polar surface area (TPSA) is 459 Å². The highest BCUT2D eigenvalue weighted by Crippen LogP contribution is 2.39. The highest BCUT2D eigenvalue weighted by molar-refractivity contribution is 7.59. The molecule has 0 aliphatic heterocycles. The number of phenols is 5. The van der Waals surface area contributed by atoms with Crippen molar-refractivity contribution < 1.29 is 101 Å². The van der Waals surface area contributed by atoms with Crippen molar-refractivity contribution in [2.75, 3.05) is 53.1 Å². The first-order valence-electron chi connectivity index (χ1n) is 33.3. The number of carbonyl (C=O) groups is 4. The second-order valence-corrected chi connectivity index (χ2v) is 32.8. The van der Waals surface area contributed by atoms with Gasteiger partial charge in [-0.15, -0.1) is 0 Å². The second-order valence-electron chi connectivity index (χ2n) is 23.8. The molecule has 0 bridgehead atoms. The van der Waals surface area contributed by atoms with Crippen LogP contribution in [0.3, 0.4) is 0 Å². The van der Waals surface area contributed by atoms with E-state index in [1.165, 1.54) is 65.4 Å². The highest BCUT2D eigenvalue weighted by atomic mass is 31.2. The fourth-order valence-corrected chi connectivity index (χ4v) is 13.7. The van der Waals surface area contributed by atoms with Crippen molar-refractivity contribution in [3.8, 4) is 28.7 Å². The third-order valence-corrected chi connectivity index (χ3v) is 19.5. The number of ether oxygens (including phenoxy) is 4. The third kappa shape index (κ3) is 39.3. The van der Waals surface area contributed by atoms with Crippen LogP contribution in [0.25, 0.3) is 0 Å². The average Bonchev–Trinajstić information content (AvgIpc) is 1.52. The molecule has 0 fully saturated rings. The van der Waals surface area contributed by atoms with Gasteiger partial charge in [0.2, 0.25) is 14.9 Å². The van der Waals surface area contributed by atoms with E-state index in [4.69, 9.17) is 44.3 Å². The van der Waals surface area contributed by atoms with E-state index in [0.29, 0.717) is 64.8 Å². The van der Waals surface area contributed by atoms with E-state index in [9.17, 15) is 62.8 Å². The molecule has 0 aliphatic carbocycles. The number of esters is 4. The second kappa shape index (κ2) is 48.4. The molecule has 13 N–H and O–H groups in total. The molecule has 5 aromatic carbocycles. The number of aromatic nitrogens is 4. The van der Waals surface area contributed by atoms with Crippen LogP contribution in [0, 0.1) is 0 Å². The summed E-state index contributed by atoms with van der Waals surface area (Å²) in [7, 11) is -12.8. The Bertz CT molecular complexity index is 3820. The minimum atomic E-state index is -3.55. The Morgan fingerprint density at radius 1 is 0.442 bits per heavy atom. The minimum absolute atomic E-state index is 0.0612. The van der Waals surface area contributed by atoms with Crippen molar-refractivity contribution in [2.45, 2.75) is 135 Å². The van der Waals surface area contributed by atoms with Gasteiger partial charge in [0.15, 0.2) is 0 Å². The van der Waals surface area contributed by atoms with Crippen molar-refractivity contribution in [1.29, 1.82) is 0 Å². The Labute approximate surface area is 607 Å². The van der Waals surface area contributed by atoms with E-state index in [2.05, 4.69) is 37.2 Å². The van der Waals surface area contributed by atoms with Crippen LogP contribution in [-0.4, -0.2) is 167 Å². The molecule has 2 heterocycles. The SMILES string of the molecule is CCCOC(=O)C(Cc1ccc(O)cc1)NP(C)(=O)NC(CCC)Cc1ccc(O)cc1.CCCOC(=O)C(Cc1ccc(O)cc1)NP(C)(=O)O.CCCOC(=O)C(Cc1ccc(O)cc1)NP(C)(=O)n1ccnc1.CCCOC(=O)C(N)Cc1ccc(O)cc1.CP(=O)(O)n1ccnc1.O=C=O. The zero-order chi connectivity index (χ0) is 77.9. The molecule has 7 rings (SSSR count). The molecule has 0 amide bonds. The van der Waals surface area contributed by atoms with Gasteiger partial charge in [-0.25, -0.2) is 25.2 Å². The number of hydrogen-bond donors (Lipinski definition) is 12. The first-order valence-corrected chi connectivity index (χ1v) is 41.7. The van der Waals surface area contributed by atoms with Gasteiger partial charge in [-0.3, -0.25) is 51.2 Å². The summed E-state index contributed by atoms with van der Waals surface area (Å²) in [6, 6.07) is 29.8. The van der Waals surface area contributed by atoms with Gasteiger partial charge in [0, 0.05) is 57.5 Å². The first kappa shape index (κ1) is 91.5. The Hall–Kier alpha value is -8.58. The predicted molar refractivity (Wildman–Crippen MR) is 393 cm³/mol. The van der Waals surface area contributed by atoms with Crippen LogP contribution >= 0.6 is 29.9 Å². The van der Waals surface area contributed by atoms with Crippen LogP contribution in [0.1, 0.15) is 101 Å². The molecule has 34 heteroatoms. The van der Waals surface area contributed by atoms with Crippen LogP contribution in [0.2, 0.25) is 0 Å². The van der Waals surface area contributed by atoms with Gasteiger partial charge >= 0.3 is 30.0 Å². The number of nitrogens with zero attached hydrogens (tertiary/aromatic N) is 4. The standard InChI is InChI=1S/C24H35N2O5P.C16H22N3O4P.C13H20NO5P.C12H17NO3.C4H7N2O2P.CO2/c1-4-6-20(16-18-7-11-21(27)12-8-18)25-32(3,30)26-23(24(29)31-15-5-2)17-19-9-13-22(28)14-10-19;1-3-10-23-16(21)15(11-13-4-6-14(20)7-5-13)18-24(2,22)19-9-8-17-12-19;1-3-8-19-13(16)12(14-20(2,17)18)9-10-4-6-11(15)7-5-10;1-2-7-16-12(15)11(13)8-9-3-5-10(14)6-4-9;1-9(7,8)6-3-2-5-4-6;2-1-3/h7-14,20,23,27-28H,4-6,15-17H2,1-3H3,(H2,25,26,30);4-9,12,15,20H,3,10-11H2,1-2H3,(H,18,22);4-7,12,15H,3,8-9H2,1-2H3,(H2,14,17,18);3-6,11,14H,2,7-8,13H2,1H3;2-4H,1H3,(H,7,8);. The molecular weight excluding hydrogens is 1430 g/mol. The quantitative estimate of drug-likeness (QED) is 0.0101. The molecule has 0 radical (unpaired) electrons. The summed E-state index contributed by atoms with van der Waals surface area (Å²) in [6.45, 7) is 16.5. The first-order chi connectivity index (χ1) is 49.1. The molecule has 104 heavy (non-hydrogen) atoms. The Kier molecular flexibility index (Phi) is 42.6. The molecule has 9 unspecified atom stereocenters. The molecule has 30 nitrogen and oxygen atoms in total. The molecule has 0 aliphatic rings. The number of nitrogens with two attached hydrogens (primary N) is 1. The zero-order valence-electron chi connectivity index (χ0n) is 60.0. The summed E-state index contributed by atoms with van der Waals surface area (Å²) in [5, 5.41) is 58.2. The highest BCUT2D eigenvalue weighted by Gasteiger charge is 2.31. The van der Waals surface area contributed by atoms with Gasteiger partial charge in [-0.05, 0) is 153 Å². The average molecular weight is 1530 g/mol. The van der Waals surface area contributed by atoms with E-state index in [1.807, 2.05) is 39.8 Å². The summed E-state index contributed by atoms with van der Waals surface area (Å²) < 4.78 is 71.7. The van der Waals surface area contributed by atoms with Crippen molar-refractivity contribution in [2.24, 2.45) is 5.73 Å². The van der Waals surface area contributed by atoms with E-state index < -0.39 is 72.0 Å². The van der Waals surface area contributed by atoms with Crippen molar-refractivity contribution in [3.63, 3.8) is 0 Å². The van der Waals surface area contributed by atoms with Crippen molar-refractivity contribution in [3.05, 3.63) is 187 Å². The third-order valence-electron chi connectivity index (χ3n) is 14.0. The number of carbonyl (C=O) groups excluding carboxylic acids is 6. The lowest BCUT2D eigenvalue weighted by molar-refractivity contribution is -0.192. The molecule has 572 valence electrons. The van der Waals surface area contributed by atoms with Crippen molar-refractivity contribution in [1.82, 2.24) is 39.0 Å². The summed E-state index contributed by atoms with van der Waals surface area (Å²) >= 11 is 0. The number of imidazole rings is 2. The number of aromatic hydroxyl groups is 5. The molecule has 0 saturated heterocycles. The minimum Gasteiger partial charge on any atom is -0.508 e. The molecule has 7 aromatic rings. The summed E-state index contributed by atoms with van der Waals surface area (Å²) in [4.78, 5) is 90.3. The van der Waals surface area contributed by atoms with E-state index in [-0.39, 0.29) is 59.9 Å².